The summed E-state index contributed by atoms with van der Waals surface area (Å²) in [6, 6.07) is 0. The number of aliphatic hydroxyl groups is 1. The molecule has 0 aliphatic carbocycles. The Bertz CT molecular complexity index is 612. The van der Waals surface area contributed by atoms with E-state index in [2.05, 4.69) is 26.0 Å². The molecule has 1 amide bonds. The summed E-state index contributed by atoms with van der Waals surface area (Å²) in [4.78, 5) is 18.1. The number of hydrogen-bond acceptors (Lipinski definition) is 4. The number of β-amino-alcohol motifs (C(OH)–C–C–N with tert-alkyl or cyclic N) is 1. The maximum absolute atomic E-state index is 12.3. The number of amides is 1. The molecule has 18 heavy (non-hydrogen) atoms. The molecule has 94 valence electrons. The number of fused-ring (bicyclic) bond motifs is 1. The molecule has 1 fully saturated rings. The Morgan fingerprint density at radius 1 is 1.50 bits per heavy atom. The predicted molar refractivity (Wildman–Crippen MR) is 67.2 cm³/mol. The van der Waals surface area contributed by atoms with Crippen molar-refractivity contribution >= 4 is 27.5 Å². The van der Waals surface area contributed by atoms with Gasteiger partial charge >= 0.3 is 0 Å². The van der Waals surface area contributed by atoms with E-state index in [1.165, 1.54) is 6.20 Å². The van der Waals surface area contributed by atoms with Gasteiger partial charge in [0.2, 0.25) is 0 Å². The van der Waals surface area contributed by atoms with E-state index in [0.717, 1.165) is 4.47 Å². The van der Waals surface area contributed by atoms with Gasteiger partial charge in [-0.2, -0.15) is 5.10 Å². The fraction of sp³-hybridized carbons (Fsp3) is 0.364. The van der Waals surface area contributed by atoms with Crippen LogP contribution in [0.15, 0.2) is 23.1 Å². The average Bonchev–Trinajstić information content (AvgIpc) is 2.94. The number of rotatable bonds is 1. The highest BCUT2D eigenvalue weighted by Gasteiger charge is 2.27. The summed E-state index contributed by atoms with van der Waals surface area (Å²) in [5, 5.41) is 13.6. The number of likely N-dealkylation sites (tertiary alicyclic amines) is 1. The third-order valence-electron chi connectivity index (χ3n) is 3.01. The standard InChI is InChI=1S/C11H11BrN4O2/c12-7-3-13-10-9(4-14-16(10)5-7)11(18)15-2-1-8(17)6-15/h3-5,8,17H,1-2,6H2/t8-/m1/s1. The summed E-state index contributed by atoms with van der Waals surface area (Å²) in [6.45, 7) is 0.959. The van der Waals surface area contributed by atoms with Crippen LogP contribution in [0.1, 0.15) is 16.8 Å². The van der Waals surface area contributed by atoms with Crippen molar-refractivity contribution in [1.29, 1.82) is 0 Å². The SMILES string of the molecule is O=C(c1cnn2cc(Br)cnc12)N1CC[C@@H](O)C1. The Morgan fingerprint density at radius 3 is 3.06 bits per heavy atom. The minimum Gasteiger partial charge on any atom is -0.391 e. The van der Waals surface area contributed by atoms with Crippen LogP contribution in [-0.2, 0) is 0 Å². The Hall–Kier alpha value is -1.47. The topological polar surface area (TPSA) is 70.7 Å². The highest BCUT2D eigenvalue weighted by Crippen LogP contribution is 2.17. The largest absolute Gasteiger partial charge is 0.391 e. The second-order valence-corrected chi connectivity index (χ2v) is 5.21. The first-order valence-corrected chi connectivity index (χ1v) is 6.40. The number of aliphatic hydroxyl groups excluding tert-OH is 1. The average molecular weight is 311 g/mol. The van der Waals surface area contributed by atoms with E-state index in [1.54, 1.807) is 21.8 Å². The second kappa shape index (κ2) is 4.33. The van der Waals surface area contributed by atoms with Crippen molar-refractivity contribution in [3.63, 3.8) is 0 Å². The molecule has 0 spiro atoms. The number of hydrogen-bond donors (Lipinski definition) is 1. The highest BCUT2D eigenvalue weighted by atomic mass is 79.9. The molecule has 2 aromatic heterocycles. The molecule has 0 saturated carbocycles. The number of aromatic nitrogens is 3. The van der Waals surface area contributed by atoms with Gasteiger partial charge < -0.3 is 10.0 Å². The van der Waals surface area contributed by atoms with Crippen molar-refractivity contribution in [1.82, 2.24) is 19.5 Å². The smallest absolute Gasteiger partial charge is 0.259 e. The van der Waals surface area contributed by atoms with Crippen LogP contribution in [0, 0.1) is 0 Å². The molecule has 1 saturated heterocycles. The van der Waals surface area contributed by atoms with Crippen molar-refractivity contribution < 1.29 is 9.90 Å². The van der Waals surface area contributed by atoms with Crippen molar-refractivity contribution in [2.45, 2.75) is 12.5 Å². The van der Waals surface area contributed by atoms with Crippen LogP contribution >= 0.6 is 15.9 Å². The number of carbonyl (C=O) groups excluding carboxylic acids is 1. The van der Waals surface area contributed by atoms with E-state index in [1.807, 2.05) is 0 Å². The molecule has 1 aliphatic heterocycles. The van der Waals surface area contributed by atoms with Crippen LogP contribution in [0.4, 0.5) is 0 Å². The molecule has 0 unspecified atom stereocenters. The van der Waals surface area contributed by atoms with E-state index in [4.69, 9.17) is 0 Å². The van der Waals surface area contributed by atoms with Crippen LogP contribution in [-0.4, -0.2) is 49.7 Å². The normalized spacial score (nSPS) is 19.7. The van der Waals surface area contributed by atoms with Gasteiger partial charge in [0.1, 0.15) is 5.56 Å². The lowest BCUT2D eigenvalue weighted by Gasteiger charge is -2.14. The van der Waals surface area contributed by atoms with E-state index in [-0.39, 0.29) is 5.91 Å². The zero-order valence-corrected chi connectivity index (χ0v) is 11.0. The Morgan fingerprint density at radius 2 is 2.33 bits per heavy atom. The summed E-state index contributed by atoms with van der Waals surface area (Å²) in [6.07, 6.45) is 5.11. The maximum Gasteiger partial charge on any atom is 0.259 e. The second-order valence-electron chi connectivity index (χ2n) is 4.29. The first-order valence-electron chi connectivity index (χ1n) is 5.61. The van der Waals surface area contributed by atoms with Crippen LogP contribution in [0.2, 0.25) is 0 Å². The van der Waals surface area contributed by atoms with E-state index in [0.29, 0.717) is 30.7 Å². The molecular formula is C11H11BrN4O2. The summed E-state index contributed by atoms with van der Waals surface area (Å²) < 4.78 is 2.36. The third-order valence-corrected chi connectivity index (χ3v) is 3.42. The summed E-state index contributed by atoms with van der Waals surface area (Å²) >= 11 is 3.30. The zero-order chi connectivity index (χ0) is 12.7. The van der Waals surface area contributed by atoms with Crippen LogP contribution in [0.5, 0.6) is 0 Å². The first kappa shape index (κ1) is 11.6. The lowest BCUT2D eigenvalue weighted by molar-refractivity contribution is 0.0766. The van der Waals surface area contributed by atoms with Gasteiger partial charge in [0.25, 0.3) is 5.91 Å². The van der Waals surface area contributed by atoms with Crippen molar-refractivity contribution in [3.05, 3.63) is 28.6 Å². The number of halogens is 1. The predicted octanol–water partition coefficient (Wildman–Crippen LogP) is 0.699. The summed E-state index contributed by atoms with van der Waals surface area (Å²) in [7, 11) is 0. The molecular weight excluding hydrogens is 300 g/mol. The van der Waals surface area contributed by atoms with Gasteiger partial charge in [-0.15, -0.1) is 0 Å². The molecule has 2 aromatic rings. The van der Waals surface area contributed by atoms with Crippen LogP contribution in [0.3, 0.4) is 0 Å². The number of nitrogens with zero attached hydrogens (tertiary/aromatic N) is 4. The van der Waals surface area contributed by atoms with Gasteiger partial charge in [-0.25, -0.2) is 9.50 Å². The molecule has 6 nitrogen and oxygen atoms in total. The molecule has 0 aromatic carbocycles. The minimum atomic E-state index is -0.419. The van der Waals surface area contributed by atoms with E-state index < -0.39 is 6.10 Å². The Balaban J connectivity index is 1.97. The highest BCUT2D eigenvalue weighted by molar-refractivity contribution is 9.10. The number of carbonyl (C=O) groups is 1. The zero-order valence-electron chi connectivity index (χ0n) is 9.45. The molecule has 0 bridgehead atoms. The fourth-order valence-electron chi connectivity index (χ4n) is 2.10. The van der Waals surface area contributed by atoms with Crippen molar-refractivity contribution in [2.24, 2.45) is 0 Å². The van der Waals surface area contributed by atoms with E-state index >= 15 is 0 Å². The van der Waals surface area contributed by atoms with Crippen molar-refractivity contribution in [2.75, 3.05) is 13.1 Å². The van der Waals surface area contributed by atoms with Gasteiger partial charge in [-0.3, -0.25) is 4.79 Å². The van der Waals surface area contributed by atoms with Gasteiger partial charge in [0.05, 0.1) is 16.8 Å². The molecule has 3 rings (SSSR count). The summed E-state index contributed by atoms with van der Waals surface area (Å²) in [5.41, 5.74) is 1.00. The molecule has 1 atom stereocenters. The van der Waals surface area contributed by atoms with Crippen LogP contribution < -0.4 is 0 Å². The maximum atomic E-state index is 12.3. The molecule has 7 heteroatoms. The van der Waals surface area contributed by atoms with Gasteiger partial charge in [-0.05, 0) is 22.4 Å². The lowest BCUT2D eigenvalue weighted by Crippen LogP contribution is -2.29. The van der Waals surface area contributed by atoms with Gasteiger partial charge in [0, 0.05) is 25.5 Å². The van der Waals surface area contributed by atoms with Crippen molar-refractivity contribution in [3.8, 4) is 0 Å². The van der Waals surface area contributed by atoms with Gasteiger partial charge in [-0.1, -0.05) is 0 Å². The lowest BCUT2D eigenvalue weighted by atomic mass is 10.3. The molecule has 1 N–H and O–H groups in total. The molecule has 1 aliphatic rings. The Kier molecular flexibility index (Phi) is 2.79. The third kappa shape index (κ3) is 1.89. The molecule has 0 radical (unpaired) electrons. The Labute approximate surface area is 111 Å². The van der Waals surface area contributed by atoms with E-state index in [9.17, 15) is 9.90 Å². The van der Waals surface area contributed by atoms with Gasteiger partial charge in [0.15, 0.2) is 5.65 Å². The quantitative estimate of drug-likeness (QED) is 0.841. The first-order chi connectivity index (χ1) is 8.65. The minimum absolute atomic E-state index is 0.128. The molecule has 3 heterocycles. The summed E-state index contributed by atoms with van der Waals surface area (Å²) in [5.74, 6) is -0.128. The van der Waals surface area contributed by atoms with Crippen LogP contribution in [0.25, 0.3) is 5.65 Å². The monoisotopic (exact) mass is 310 g/mol. The fourth-order valence-corrected chi connectivity index (χ4v) is 2.40.